The fourth-order valence-corrected chi connectivity index (χ4v) is 2.64. The molecule has 1 aromatic rings. The predicted molar refractivity (Wildman–Crippen MR) is 75.2 cm³/mol. The lowest BCUT2D eigenvalue weighted by Crippen LogP contribution is -2.30. The zero-order valence-corrected chi connectivity index (χ0v) is 11.2. The van der Waals surface area contributed by atoms with Crippen LogP contribution in [0.1, 0.15) is 38.7 Å². The normalized spacial score (nSPS) is 29.0. The van der Waals surface area contributed by atoms with Crippen molar-refractivity contribution in [1.82, 2.24) is 0 Å². The van der Waals surface area contributed by atoms with E-state index in [2.05, 4.69) is 37.4 Å². The SMILES string of the molecule is Cc1ccc(NC2CCC(C)C(C)C2)cc1N. The maximum absolute atomic E-state index is 5.94. The first kappa shape index (κ1) is 12.3. The highest BCUT2D eigenvalue weighted by Gasteiger charge is 2.24. The van der Waals surface area contributed by atoms with Crippen LogP contribution in [-0.4, -0.2) is 6.04 Å². The van der Waals surface area contributed by atoms with E-state index in [0.29, 0.717) is 6.04 Å². The Kier molecular flexibility index (Phi) is 3.60. The van der Waals surface area contributed by atoms with Gasteiger partial charge in [0.1, 0.15) is 0 Å². The number of nitrogen functional groups attached to an aromatic ring is 1. The van der Waals surface area contributed by atoms with Crippen molar-refractivity contribution in [2.24, 2.45) is 11.8 Å². The van der Waals surface area contributed by atoms with Crippen molar-refractivity contribution in [2.45, 2.75) is 46.1 Å². The van der Waals surface area contributed by atoms with Gasteiger partial charge in [0.25, 0.3) is 0 Å². The van der Waals surface area contributed by atoms with Crippen molar-refractivity contribution in [3.63, 3.8) is 0 Å². The molecule has 0 bridgehead atoms. The van der Waals surface area contributed by atoms with Gasteiger partial charge in [0.15, 0.2) is 0 Å². The van der Waals surface area contributed by atoms with Crippen molar-refractivity contribution in [2.75, 3.05) is 11.1 Å². The van der Waals surface area contributed by atoms with Gasteiger partial charge >= 0.3 is 0 Å². The molecule has 2 nitrogen and oxygen atoms in total. The van der Waals surface area contributed by atoms with Crippen molar-refractivity contribution >= 4 is 11.4 Å². The monoisotopic (exact) mass is 232 g/mol. The summed E-state index contributed by atoms with van der Waals surface area (Å²) in [5.74, 6) is 1.69. The van der Waals surface area contributed by atoms with E-state index >= 15 is 0 Å². The standard InChI is InChI=1S/C15H24N2/c1-10-4-6-13(8-12(10)3)17-14-7-5-11(2)15(16)9-14/h5,7,9-10,12-13,17H,4,6,8,16H2,1-3H3. The van der Waals surface area contributed by atoms with Gasteiger partial charge in [-0.25, -0.2) is 0 Å². The Labute approximate surface area is 105 Å². The van der Waals surface area contributed by atoms with E-state index in [4.69, 9.17) is 5.73 Å². The second-order valence-corrected chi connectivity index (χ2v) is 5.68. The Balaban J connectivity index is 1.99. The van der Waals surface area contributed by atoms with Crippen LogP contribution in [0.15, 0.2) is 18.2 Å². The summed E-state index contributed by atoms with van der Waals surface area (Å²) in [6.45, 7) is 6.77. The lowest BCUT2D eigenvalue weighted by Gasteiger charge is -2.33. The molecule has 94 valence electrons. The van der Waals surface area contributed by atoms with E-state index in [1.165, 1.54) is 24.9 Å². The number of hydrogen-bond acceptors (Lipinski definition) is 2. The maximum Gasteiger partial charge on any atom is 0.0364 e. The highest BCUT2D eigenvalue weighted by atomic mass is 14.9. The Morgan fingerprint density at radius 3 is 2.59 bits per heavy atom. The largest absolute Gasteiger partial charge is 0.398 e. The van der Waals surface area contributed by atoms with E-state index in [0.717, 1.165) is 23.1 Å². The Hall–Kier alpha value is -1.18. The van der Waals surface area contributed by atoms with Crippen LogP contribution in [-0.2, 0) is 0 Å². The van der Waals surface area contributed by atoms with Crippen LogP contribution in [0.4, 0.5) is 11.4 Å². The zero-order chi connectivity index (χ0) is 12.4. The molecule has 1 saturated carbocycles. The summed E-state index contributed by atoms with van der Waals surface area (Å²) in [6, 6.07) is 6.89. The summed E-state index contributed by atoms with van der Waals surface area (Å²) in [6.07, 6.45) is 3.88. The fourth-order valence-electron chi connectivity index (χ4n) is 2.64. The van der Waals surface area contributed by atoms with Crippen molar-refractivity contribution in [3.8, 4) is 0 Å². The van der Waals surface area contributed by atoms with E-state index < -0.39 is 0 Å². The molecule has 1 aliphatic carbocycles. The van der Waals surface area contributed by atoms with Crippen molar-refractivity contribution in [1.29, 1.82) is 0 Å². The molecule has 0 radical (unpaired) electrons. The summed E-state index contributed by atoms with van der Waals surface area (Å²) in [5, 5.41) is 3.62. The molecular weight excluding hydrogens is 208 g/mol. The third-order valence-corrected chi connectivity index (χ3v) is 4.25. The van der Waals surface area contributed by atoms with Crippen LogP contribution < -0.4 is 11.1 Å². The highest BCUT2D eigenvalue weighted by molar-refractivity contribution is 5.58. The smallest absolute Gasteiger partial charge is 0.0364 e. The summed E-state index contributed by atoms with van der Waals surface area (Å²) in [5.41, 5.74) is 9.14. The van der Waals surface area contributed by atoms with Gasteiger partial charge < -0.3 is 11.1 Å². The van der Waals surface area contributed by atoms with E-state index in [9.17, 15) is 0 Å². The molecule has 0 spiro atoms. The minimum Gasteiger partial charge on any atom is -0.398 e. The molecule has 1 aliphatic rings. The van der Waals surface area contributed by atoms with Gasteiger partial charge in [0, 0.05) is 17.4 Å². The zero-order valence-electron chi connectivity index (χ0n) is 11.2. The molecular formula is C15H24N2. The number of nitrogens with two attached hydrogens (primary N) is 1. The molecule has 3 atom stereocenters. The number of hydrogen-bond donors (Lipinski definition) is 2. The number of nitrogens with one attached hydrogen (secondary N) is 1. The predicted octanol–water partition coefficient (Wildman–Crippen LogP) is 3.81. The summed E-state index contributed by atoms with van der Waals surface area (Å²) in [7, 11) is 0. The molecule has 0 amide bonds. The Bertz CT molecular complexity index is 387. The van der Waals surface area contributed by atoms with Crippen LogP contribution in [0, 0.1) is 18.8 Å². The number of aryl methyl sites for hydroxylation is 1. The van der Waals surface area contributed by atoms with Crippen LogP contribution in [0.2, 0.25) is 0 Å². The molecule has 3 unspecified atom stereocenters. The molecule has 0 saturated heterocycles. The third kappa shape index (κ3) is 2.93. The van der Waals surface area contributed by atoms with Gasteiger partial charge in [-0.3, -0.25) is 0 Å². The van der Waals surface area contributed by atoms with Crippen LogP contribution in [0.3, 0.4) is 0 Å². The Morgan fingerprint density at radius 2 is 1.94 bits per heavy atom. The quantitative estimate of drug-likeness (QED) is 0.761. The minimum atomic E-state index is 0.614. The lowest BCUT2D eigenvalue weighted by molar-refractivity contribution is 0.261. The van der Waals surface area contributed by atoms with Crippen molar-refractivity contribution < 1.29 is 0 Å². The Morgan fingerprint density at radius 1 is 1.18 bits per heavy atom. The average molecular weight is 232 g/mol. The minimum absolute atomic E-state index is 0.614. The van der Waals surface area contributed by atoms with E-state index in [1.54, 1.807) is 0 Å². The molecule has 17 heavy (non-hydrogen) atoms. The first-order valence-electron chi connectivity index (χ1n) is 6.69. The summed E-state index contributed by atoms with van der Waals surface area (Å²) in [4.78, 5) is 0. The van der Waals surface area contributed by atoms with Gasteiger partial charge in [-0.05, 0) is 55.7 Å². The fraction of sp³-hybridized carbons (Fsp3) is 0.600. The second-order valence-electron chi connectivity index (χ2n) is 5.68. The third-order valence-electron chi connectivity index (χ3n) is 4.25. The van der Waals surface area contributed by atoms with Crippen LogP contribution in [0.5, 0.6) is 0 Å². The summed E-state index contributed by atoms with van der Waals surface area (Å²) < 4.78 is 0. The second kappa shape index (κ2) is 4.99. The van der Waals surface area contributed by atoms with E-state index in [-0.39, 0.29) is 0 Å². The van der Waals surface area contributed by atoms with Gasteiger partial charge in [0.05, 0.1) is 0 Å². The topological polar surface area (TPSA) is 38.0 Å². The number of benzene rings is 1. The summed E-state index contributed by atoms with van der Waals surface area (Å²) >= 11 is 0. The van der Waals surface area contributed by atoms with Crippen molar-refractivity contribution in [3.05, 3.63) is 23.8 Å². The number of rotatable bonds is 2. The first-order chi connectivity index (χ1) is 8.06. The molecule has 1 aromatic carbocycles. The van der Waals surface area contributed by atoms with Gasteiger partial charge in [-0.15, -0.1) is 0 Å². The molecule has 3 N–H and O–H groups in total. The van der Waals surface area contributed by atoms with Gasteiger partial charge in [-0.1, -0.05) is 19.9 Å². The van der Waals surface area contributed by atoms with Gasteiger partial charge in [-0.2, -0.15) is 0 Å². The molecule has 0 aliphatic heterocycles. The van der Waals surface area contributed by atoms with Crippen LogP contribution >= 0.6 is 0 Å². The molecule has 2 heteroatoms. The maximum atomic E-state index is 5.94. The highest BCUT2D eigenvalue weighted by Crippen LogP contribution is 2.31. The number of anilines is 2. The molecule has 0 aromatic heterocycles. The van der Waals surface area contributed by atoms with Gasteiger partial charge in [0.2, 0.25) is 0 Å². The first-order valence-corrected chi connectivity index (χ1v) is 6.69. The average Bonchev–Trinajstić information content (AvgIpc) is 2.29. The molecule has 1 fully saturated rings. The molecule has 2 rings (SSSR count). The van der Waals surface area contributed by atoms with E-state index in [1.807, 2.05) is 6.92 Å². The molecule has 0 heterocycles. The lowest BCUT2D eigenvalue weighted by atomic mass is 9.79. The van der Waals surface area contributed by atoms with Crippen LogP contribution in [0.25, 0.3) is 0 Å².